The van der Waals surface area contributed by atoms with E-state index in [9.17, 15) is 14.7 Å². The van der Waals surface area contributed by atoms with Gasteiger partial charge in [-0.05, 0) is 6.42 Å². The molecule has 0 saturated carbocycles. The molecule has 0 heterocycles. The summed E-state index contributed by atoms with van der Waals surface area (Å²) < 4.78 is 0. The topological polar surface area (TPSA) is 126 Å². The van der Waals surface area contributed by atoms with Crippen molar-refractivity contribution in [2.45, 2.75) is 47.0 Å². The molecule has 0 spiro atoms. The molecule has 0 aliphatic rings. The summed E-state index contributed by atoms with van der Waals surface area (Å²) in [5.41, 5.74) is 0. The Labute approximate surface area is 135 Å². The molecule has 0 amide bonds. The van der Waals surface area contributed by atoms with Gasteiger partial charge in [0.1, 0.15) is 5.78 Å². The van der Waals surface area contributed by atoms with Crippen molar-refractivity contribution >= 4 is 11.8 Å². The van der Waals surface area contributed by atoms with Gasteiger partial charge in [0, 0.05) is 18.8 Å². The molecule has 0 rings (SSSR count). The summed E-state index contributed by atoms with van der Waals surface area (Å²) in [6, 6.07) is 0. The predicted octanol–water partition coefficient (Wildman–Crippen LogP) is -2.41. The van der Waals surface area contributed by atoms with Gasteiger partial charge in [0.05, 0.1) is 0 Å². The molecule has 0 fully saturated rings. The molecule has 0 aliphatic heterocycles. The summed E-state index contributed by atoms with van der Waals surface area (Å²) >= 11 is 0. The molecule has 0 radical (unpaired) electrons. The monoisotopic (exact) mass is 354 g/mol. The summed E-state index contributed by atoms with van der Waals surface area (Å²) in [6.45, 7) is 6.53. The zero-order valence-electron chi connectivity index (χ0n) is 12.2. The largest absolute Gasteiger partial charge is 4.00 e. The van der Waals surface area contributed by atoms with E-state index >= 15 is 0 Å². The van der Waals surface area contributed by atoms with Gasteiger partial charge in [-0.15, -0.1) is 19.8 Å². The molecule has 0 N–H and O–H groups in total. The Morgan fingerprint density at radius 2 is 1.11 bits per heavy atom. The van der Waals surface area contributed by atoms with Gasteiger partial charge < -0.3 is 25.2 Å². The van der Waals surface area contributed by atoms with Crippen LogP contribution in [0, 0.1) is 0 Å². The first kappa shape index (κ1) is 31.3. The van der Waals surface area contributed by atoms with Crippen molar-refractivity contribution in [3.8, 4) is 0 Å². The summed E-state index contributed by atoms with van der Waals surface area (Å²) in [5.74, 6) is -1.54. The van der Waals surface area contributed by atoms with Crippen LogP contribution in [0.3, 0.4) is 0 Å². The van der Waals surface area contributed by atoms with Crippen LogP contribution in [-0.2, 0) is 35.8 Å². The molecule has 0 atom stereocenters. The molecule has 0 saturated heterocycles. The third kappa shape index (κ3) is 95.0. The minimum atomic E-state index is -1.28. The van der Waals surface area contributed by atoms with Crippen molar-refractivity contribution in [1.29, 1.82) is 0 Å². The molecule has 0 bridgehead atoms. The van der Waals surface area contributed by atoms with E-state index < -0.39 is 12.4 Å². The molecule has 112 valence electrons. The van der Waals surface area contributed by atoms with E-state index in [1.54, 1.807) is 20.8 Å². The second-order valence-corrected chi connectivity index (χ2v) is 2.70. The number of carbonyl (C=O) groups excluding carboxylic acids is 2. The van der Waals surface area contributed by atoms with Gasteiger partial charge >= 0.3 is 26.2 Å². The SMILES string of the molecule is CCCC(=O)CC(=O)[O-].CC[O-].CC[O-].CC[O-].[Zr+4]. The molecule has 0 aromatic carbocycles. The fourth-order valence-corrected chi connectivity index (χ4v) is 0.528. The first-order valence-electron chi connectivity index (χ1n) is 5.87. The second kappa shape index (κ2) is 36.1. The third-order valence-electron chi connectivity index (χ3n) is 0.870. The van der Waals surface area contributed by atoms with Gasteiger partial charge in [0.15, 0.2) is 0 Å². The smallest absolute Gasteiger partial charge is 0.855 e. The Morgan fingerprint density at radius 1 is 0.842 bits per heavy atom. The van der Waals surface area contributed by atoms with Crippen molar-refractivity contribution < 1.29 is 56.2 Å². The number of rotatable bonds is 4. The summed E-state index contributed by atoms with van der Waals surface area (Å²) in [4.78, 5) is 20.2. The maximum absolute atomic E-state index is 10.4. The van der Waals surface area contributed by atoms with E-state index in [1.165, 1.54) is 0 Å². The summed E-state index contributed by atoms with van der Waals surface area (Å²) in [6.07, 6.45) is 0.605. The zero-order chi connectivity index (χ0) is 15.4. The fourth-order valence-electron chi connectivity index (χ4n) is 0.528. The Hall–Kier alpha value is -0.0969. The van der Waals surface area contributed by atoms with E-state index in [1.807, 2.05) is 6.92 Å². The molecule has 0 aliphatic carbocycles. The van der Waals surface area contributed by atoms with Crippen LogP contribution in [0.5, 0.6) is 0 Å². The van der Waals surface area contributed by atoms with Crippen LogP contribution in [-0.4, -0.2) is 31.6 Å². The Balaban J connectivity index is -0.0000000548. The van der Waals surface area contributed by atoms with Crippen molar-refractivity contribution in [1.82, 2.24) is 0 Å². The minimum absolute atomic E-state index is 0. The van der Waals surface area contributed by atoms with Gasteiger partial charge in [0.25, 0.3) is 0 Å². The van der Waals surface area contributed by atoms with Crippen molar-refractivity contribution in [3.05, 3.63) is 0 Å². The molecule has 6 nitrogen and oxygen atoms in total. The van der Waals surface area contributed by atoms with Crippen LogP contribution in [0.1, 0.15) is 47.0 Å². The van der Waals surface area contributed by atoms with E-state index in [4.69, 9.17) is 15.3 Å². The maximum atomic E-state index is 10.4. The second-order valence-electron chi connectivity index (χ2n) is 2.70. The van der Waals surface area contributed by atoms with E-state index in [0.29, 0.717) is 12.8 Å². The maximum Gasteiger partial charge on any atom is 4.00 e. The van der Waals surface area contributed by atoms with E-state index in [-0.39, 0.29) is 51.8 Å². The van der Waals surface area contributed by atoms with Crippen LogP contribution < -0.4 is 20.4 Å². The molecule has 7 heteroatoms. The van der Waals surface area contributed by atoms with Crippen LogP contribution in [0.2, 0.25) is 0 Å². The van der Waals surface area contributed by atoms with Crippen LogP contribution in [0.25, 0.3) is 0 Å². The van der Waals surface area contributed by atoms with Crippen LogP contribution >= 0.6 is 0 Å². The quantitative estimate of drug-likeness (QED) is 0.517. The fraction of sp³-hybridized carbons (Fsp3) is 0.833. The van der Waals surface area contributed by atoms with E-state index in [2.05, 4.69) is 0 Å². The number of carboxylic acid groups (broad SMARTS) is 1. The number of hydrogen-bond acceptors (Lipinski definition) is 6. The molecular weight excluding hydrogens is 331 g/mol. The Bertz CT molecular complexity index is 160. The molecule has 0 aromatic heterocycles. The number of Topliss-reactive ketones (excluding diaryl/α,β-unsaturated/α-hetero) is 1. The standard InChI is InChI=1S/C6H10O3.3C2H5O.Zr/c1-2-3-5(7)4-6(8)9;3*1-2-3;/h2-4H2,1H3,(H,8,9);3*2H2,1H3;/q;3*-1;+4/p-1. The van der Waals surface area contributed by atoms with Gasteiger partial charge in [0.2, 0.25) is 0 Å². The van der Waals surface area contributed by atoms with Gasteiger partial charge in [-0.1, -0.05) is 27.7 Å². The minimum Gasteiger partial charge on any atom is -0.855 e. The summed E-state index contributed by atoms with van der Waals surface area (Å²) in [7, 11) is 0. The number of ketones is 1. The van der Waals surface area contributed by atoms with E-state index in [0.717, 1.165) is 0 Å². The predicted molar refractivity (Wildman–Crippen MR) is 61.2 cm³/mol. The number of carboxylic acids is 1. The van der Waals surface area contributed by atoms with Gasteiger partial charge in [-0.2, -0.15) is 0 Å². The van der Waals surface area contributed by atoms with Crippen LogP contribution in [0.4, 0.5) is 0 Å². The molecule has 0 aromatic rings. The van der Waals surface area contributed by atoms with Crippen molar-refractivity contribution in [2.75, 3.05) is 19.8 Å². The number of carbonyl (C=O) groups is 2. The van der Waals surface area contributed by atoms with Crippen molar-refractivity contribution in [3.63, 3.8) is 0 Å². The molecule has 0 unspecified atom stereocenters. The first-order valence-corrected chi connectivity index (χ1v) is 5.87. The number of hydrogen-bond donors (Lipinski definition) is 0. The first-order chi connectivity index (χ1) is 8.41. The van der Waals surface area contributed by atoms with Gasteiger partial charge in [-0.3, -0.25) is 4.79 Å². The van der Waals surface area contributed by atoms with Crippen LogP contribution in [0.15, 0.2) is 0 Å². The number of aliphatic carboxylic acids is 1. The normalized spacial score (nSPS) is 7.11. The average molecular weight is 356 g/mol. The Kier molecular flexibility index (Phi) is 59.6. The zero-order valence-corrected chi connectivity index (χ0v) is 14.7. The third-order valence-corrected chi connectivity index (χ3v) is 0.870. The average Bonchev–Trinajstić information content (AvgIpc) is 2.19. The van der Waals surface area contributed by atoms with Gasteiger partial charge in [-0.25, -0.2) is 0 Å². The molecular formula is C12H24O6Zr. The Morgan fingerprint density at radius 3 is 1.26 bits per heavy atom. The van der Waals surface area contributed by atoms with Crippen molar-refractivity contribution in [2.24, 2.45) is 0 Å². The summed E-state index contributed by atoms with van der Waals surface area (Å²) in [5, 5.41) is 36.5. The molecule has 19 heavy (non-hydrogen) atoms.